The second kappa shape index (κ2) is 6.14. The highest BCUT2D eigenvalue weighted by molar-refractivity contribution is 5.96. The van der Waals surface area contributed by atoms with Crippen LogP contribution in [0.1, 0.15) is 68.0 Å². The highest BCUT2D eigenvalue weighted by Gasteiger charge is 2.23. The van der Waals surface area contributed by atoms with Gasteiger partial charge in [-0.1, -0.05) is 13.8 Å². The predicted octanol–water partition coefficient (Wildman–Crippen LogP) is 3.47. The molecule has 0 saturated carbocycles. The molecule has 2 N–H and O–H groups in total. The van der Waals surface area contributed by atoms with Crippen LogP contribution in [0.15, 0.2) is 18.3 Å². The van der Waals surface area contributed by atoms with Crippen LogP contribution in [0.2, 0.25) is 0 Å². The van der Waals surface area contributed by atoms with Crippen LogP contribution in [-0.4, -0.2) is 20.5 Å². The largest absolute Gasteiger partial charge is 0.397 e. The van der Waals surface area contributed by atoms with Gasteiger partial charge in [-0.3, -0.25) is 14.5 Å². The molecule has 0 aliphatic heterocycles. The van der Waals surface area contributed by atoms with Gasteiger partial charge in [0, 0.05) is 18.3 Å². The van der Waals surface area contributed by atoms with Crippen molar-refractivity contribution in [1.29, 1.82) is 0 Å². The molecule has 0 aliphatic carbocycles. The van der Waals surface area contributed by atoms with Gasteiger partial charge in [0.2, 0.25) is 0 Å². The van der Waals surface area contributed by atoms with E-state index in [0.717, 1.165) is 17.0 Å². The highest BCUT2D eigenvalue weighted by Crippen LogP contribution is 2.24. The zero-order valence-corrected chi connectivity index (χ0v) is 14.8. The Hall–Kier alpha value is -2.17. The van der Waals surface area contributed by atoms with Gasteiger partial charge in [-0.15, -0.1) is 0 Å². The monoisotopic (exact) mass is 314 g/mol. The second-order valence-corrected chi connectivity index (χ2v) is 7.31. The standard InChI is InChI=1S/C18H26N4O/c1-11(2)16-9-15(21-22(16)18(4,5)6)17(23)8-13-7-14(19)12(3)20-10-13/h7,9-11H,8,19H2,1-6H3. The number of hydrogen-bond donors (Lipinski definition) is 1. The first kappa shape index (κ1) is 17.2. The number of pyridine rings is 1. The van der Waals surface area contributed by atoms with E-state index in [1.165, 1.54) is 0 Å². The van der Waals surface area contributed by atoms with E-state index in [2.05, 4.69) is 44.7 Å². The van der Waals surface area contributed by atoms with Crippen LogP contribution in [0.5, 0.6) is 0 Å². The lowest BCUT2D eigenvalue weighted by molar-refractivity contribution is 0.0986. The number of Topliss-reactive ketones (excluding diaryl/α,β-unsaturated/α-hetero) is 1. The third kappa shape index (κ3) is 3.78. The summed E-state index contributed by atoms with van der Waals surface area (Å²) in [4.78, 5) is 16.8. The SMILES string of the molecule is Cc1ncc(CC(=O)c2cc(C(C)C)n(C(C)(C)C)n2)cc1N. The molecule has 5 nitrogen and oxygen atoms in total. The third-order valence-electron chi connectivity index (χ3n) is 3.80. The zero-order chi connectivity index (χ0) is 17.4. The van der Waals surface area contributed by atoms with E-state index >= 15 is 0 Å². The molecular weight excluding hydrogens is 288 g/mol. The number of nitrogens with two attached hydrogens (primary N) is 1. The topological polar surface area (TPSA) is 73.8 Å². The first-order valence-electron chi connectivity index (χ1n) is 7.94. The van der Waals surface area contributed by atoms with Crippen molar-refractivity contribution in [3.8, 4) is 0 Å². The summed E-state index contributed by atoms with van der Waals surface area (Å²) in [7, 11) is 0. The smallest absolute Gasteiger partial charge is 0.187 e. The Morgan fingerprint density at radius 3 is 2.43 bits per heavy atom. The van der Waals surface area contributed by atoms with E-state index in [9.17, 15) is 4.79 Å². The molecule has 0 amide bonds. The minimum Gasteiger partial charge on any atom is -0.397 e. The van der Waals surface area contributed by atoms with E-state index in [1.807, 2.05) is 23.7 Å². The van der Waals surface area contributed by atoms with E-state index in [4.69, 9.17) is 5.73 Å². The van der Waals surface area contributed by atoms with Crippen LogP contribution in [0.25, 0.3) is 0 Å². The Morgan fingerprint density at radius 1 is 1.30 bits per heavy atom. The van der Waals surface area contributed by atoms with Crippen molar-refractivity contribution in [2.75, 3.05) is 5.73 Å². The van der Waals surface area contributed by atoms with Crippen molar-refractivity contribution >= 4 is 11.5 Å². The summed E-state index contributed by atoms with van der Waals surface area (Å²) in [6.07, 6.45) is 1.96. The molecule has 2 rings (SSSR count). The first-order chi connectivity index (χ1) is 10.6. The number of carbonyl (C=O) groups excluding carboxylic acids is 1. The van der Waals surface area contributed by atoms with Crippen molar-refractivity contribution in [3.63, 3.8) is 0 Å². The van der Waals surface area contributed by atoms with Crippen LogP contribution < -0.4 is 5.73 Å². The average Bonchev–Trinajstić information content (AvgIpc) is 2.88. The minimum absolute atomic E-state index is 0.0139. The molecule has 0 radical (unpaired) electrons. The molecule has 0 unspecified atom stereocenters. The number of nitrogen functional groups attached to an aromatic ring is 1. The lowest BCUT2D eigenvalue weighted by Crippen LogP contribution is -2.26. The average molecular weight is 314 g/mol. The number of nitrogens with zero attached hydrogens (tertiary/aromatic N) is 3. The zero-order valence-electron chi connectivity index (χ0n) is 14.8. The van der Waals surface area contributed by atoms with Gasteiger partial charge in [0.05, 0.1) is 16.9 Å². The maximum absolute atomic E-state index is 12.6. The second-order valence-electron chi connectivity index (χ2n) is 7.31. The van der Waals surface area contributed by atoms with Crippen molar-refractivity contribution in [3.05, 3.63) is 41.0 Å². The summed E-state index contributed by atoms with van der Waals surface area (Å²) in [6, 6.07) is 3.72. The Kier molecular flexibility index (Phi) is 4.59. The van der Waals surface area contributed by atoms with Crippen LogP contribution in [0.4, 0.5) is 5.69 Å². The quantitative estimate of drug-likeness (QED) is 0.877. The number of ketones is 1. The molecular formula is C18H26N4O. The van der Waals surface area contributed by atoms with Gasteiger partial charge in [-0.05, 0) is 51.3 Å². The van der Waals surface area contributed by atoms with E-state index in [-0.39, 0.29) is 17.7 Å². The van der Waals surface area contributed by atoms with Gasteiger partial charge in [0.15, 0.2) is 5.78 Å². The fraction of sp³-hybridized carbons (Fsp3) is 0.500. The molecule has 2 aromatic heterocycles. The maximum Gasteiger partial charge on any atom is 0.187 e. The Morgan fingerprint density at radius 2 is 1.96 bits per heavy atom. The van der Waals surface area contributed by atoms with E-state index in [1.54, 1.807) is 6.20 Å². The van der Waals surface area contributed by atoms with E-state index in [0.29, 0.717) is 17.3 Å². The molecule has 0 bridgehead atoms. The number of carbonyl (C=O) groups is 1. The van der Waals surface area contributed by atoms with Gasteiger partial charge in [-0.25, -0.2) is 0 Å². The molecule has 2 aromatic rings. The lowest BCUT2D eigenvalue weighted by atomic mass is 10.0. The Labute approximate surface area is 137 Å². The summed E-state index contributed by atoms with van der Waals surface area (Å²) in [5, 5.41) is 4.55. The number of hydrogen-bond acceptors (Lipinski definition) is 4. The number of aryl methyl sites for hydroxylation is 1. The van der Waals surface area contributed by atoms with Gasteiger partial charge in [-0.2, -0.15) is 5.10 Å². The van der Waals surface area contributed by atoms with Crippen molar-refractivity contribution in [1.82, 2.24) is 14.8 Å². The van der Waals surface area contributed by atoms with Gasteiger partial charge < -0.3 is 5.73 Å². The molecule has 0 atom stereocenters. The van der Waals surface area contributed by atoms with Crippen molar-refractivity contribution in [2.45, 2.75) is 59.4 Å². The number of rotatable bonds is 4. The fourth-order valence-electron chi connectivity index (χ4n) is 2.45. The summed E-state index contributed by atoms with van der Waals surface area (Å²) in [6.45, 7) is 12.3. The van der Waals surface area contributed by atoms with E-state index < -0.39 is 0 Å². The summed E-state index contributed by atoms with van der Waals surface area (Å²) >= 11 is 0. The first-order valence-corrected chi connectivity index (χ1v) is 7.94. The molecule has 124 valence electrons. The summed E-state index contributed by atoms with van der Waals surface area (Å²) in [5.41, 5.74) is 9.48. The van der Waals surface area contributed by atoms with Gasteiger partial charge in [0.1, 0.15) is 5.69 Å². The molecule has 2 heterocycles. The van der Waals surface area contributed by atoms with Gasteiger partial charge >= 0.3 is 0 Å². The third-order valence-corrected chi connectivity index (χ3v) is 3.80. The molecule has 0 aromatic carbocycles. The highest BCUT2D eigenvalue weighted by atomic mass is 16.1. The molecule has 23 heavy (non-hydrogen) atoms. The fourth-order valence-corrected chi connectivity index (χ4v) is 2.45. The minimum atomic E-state index is -0.159. The number of anilines is 1. The van der Waals surface area contributed by atoms with Crippen LogP contribution in [0.3, 0.4) is 0 Å². The van der Waals surface area contributed by atoms with Crippen LogP contribution in [0, 0.1) is 6.92 Å². The molecule has 0 fully saturated rings. The van der Waals surface area contributed by atoms with Gasteiger partial charge in [0.25, 0.3) is 0 Å². The predicted molar refractivity (Wildman–Crippen MR) is 92.7 cm³/mol. The maximum atomic E-state index is 12.6. The summed E-state index contributed by atoms with van der Waals surface area (Å²) in [5.74, 6) is 0.292. The molecule has 0 saturated heterocycles. The molecule has 0 aliphatic rings. The normalized spacial score (nSPS) is 12.0. The lowest BCUT2D eigenvalue weighted by Gasteiger charge is -2.23. The van der Waals surface area contributed by atoms with Crippen LogP contribution in [-0.2, 0) is 12.0 Å². The van der Waals surface area contributed by atoms with Crippen molar-refractivity contribution in [2.24, 2.45) is 0 Å². The van der Waals surface area contributed by atoms with Crippen molar-refractivity contribution < 1.29 is 4.79 Å². The molecule has 0 spiro atoms. The summed E-state index contributed by atoms with van der Waals surface area (Å²) < 4.78 is 1.95. The molecule has 5 heteroatoms. The van der Waals surface area contributed by atoms with Crippen LogP contribution >= 0.6 is 0 Å². The number of aromatic nitrogens is 3. The Balaban J connectivity index is 2.31. The Bertz CT molecular complexity index is 723.